The van der Waals surface area contributed by atoms with Crippen LogP contribution in [0.2, 0.25) is 5.02 Å². The highest BCUT2D eigenvalue weighted by Gasteiger charge is 2.25. The Morgan fingerprint density at radius 3 is 2.60 bits per heavy atom. The van der Waals surface area contributed by atoms with Crippen molar-refractivity contribution in [1.29, 1.82) is 0 Å². The third-order valence-electron chi connectivity index (χ3n) is 4.46. The molecule has 1 aliphatic rings. The number of thiazole rings is 1. The number of hydrogen-bond donors (Lipinski definition) is 0. The van der Waals surface area contributed by atoms with Crippen LogP contribution in [0.1, 0.15) is 16.1 Å². The van der Waals surface area contributed by atoms with Gasteiger partial charge in [0.1, 0.15) is 5.69 Å². The van der Waals surface area contributed by atoms with Gasteiger partial charge in [-0.05, 0) is 24.6 Å². The average molecular weight is 376 g/mol. The topological polar surface area (TPSA) is 54.3 Å². The van der Waals surface area contributed by atoms with Crippen LogP contribution in [0, 0.1) is 6.92 Å². The smallest absolute Gasteiger partial charge is 0.274 e. The fourth-order valence-electron chi connectivity index (χ4n) is 3.02. The van der Waals surface area contributed by atoms with Crippen molar-refractivity contribution in [2.75, 3.05) is 31.1 Å². The number of rotatable bonds is 2. The monoisotopic (exact) mass is 375 g/mol. The Bertz CT molecular complexity index is 903. The molecule has 3 aromatic rings. The van der Waals surface area contributed by atoms with Gasteiger partial charge in [-0.15, -0.1) is 0 Å². The first-order chi connectivity index (χ1) is 12.0. The van der Waals surface area contributed by atoms with Crippen LogP contribution < -0.4 is 4.90 Å². The molecule has 0 saturated carbocycles. The van der Waals surface area contributed by atoms with Crippen LogP contribution in [0.4, 0.5) is 5.13 Å². The van der Waals surface area contributed by atoms with Gasteiger partial charge in [0.2, 0.25) is 0 Å². The molecule has 1 aromatic carbocycles. The van der Waals surface area contributed by atoms with Crippen LogP contribution in [0.15, 0.2) is 24.4 Å². The standard InChI is InChI=1S/C17H18ClN5OS/c1-11-3-4-12(18)15-14(11)19-17(25-15)23-9-7-22(8-10-23)16(24)13-5-6-21(2)20-13/h3-6H,7-10H2,1-2H3. The maximum Gasteiger partial charge on any atom is 0.274 e. The first kappa shape index (κ1) is 16.4. The fraction of sp³-hybridized carbons (Fsp3) is 0.353. The molecule has 8 heteroatoms. The summed E-state index contributed by atoms with van der Waals surface area (Å²) >= 11 is 7.92. The Morgan fingerprint density at radius 2 is 1.96 bits per heavy atom. The summed E-state index contributed by atoms with van der Waals surface area (Å²) in [6.45, 7) is 4.89. The molecule has 0 bridgehead atoms. The number of amides is 1. The van der Waals surface area contributed by atoms with Crippen LogP contribution in [0.25, 0.3) is 10.2 Å². The van der Waals surface area contributed by atoms with Gasteiger partial charge in [0, 0.05) is 39.4 Å². The molecule has 0 radical (unpaired) electrons. The number of anilines is 1. The summed E-state index contributed by atoms with van der Waals surface area (Å²) in [5.74, 6) is -0.0107. The summed E-state index contributed by atoms with van der Waals surface area (Å²) < 4.78 is 2.68. The lowest BCUT2D eigenvalue weighted by atomic mass is 10.2. The van der Waals surface area contributed by atoms with E-state index in [0.717, 1.165) is 39.0 Å². The fourth-order valence-corrected chi connectivity index (χ4v) is 4.39. The van der Waals surface area contributed by atoms with Crippen molar-refractivity contribution in [3.05, 3.63) is 40.7 Å². The largest absolute Gasteiger partial charge is 0.345 e. The number of carbonyl (C=O) groups excluding carboxylic acids is 1. The average Bonchev–Trinajstić information content (AvgIpc) is 3.25. The minimum absolute atomic E-state index is 0.0107. The van der Waals surface area contributed by atoms with Crippen LogP contribution >= 0.6 is 22.9 Å². The van der Waals surface area contributed by atoms with E-state index in [9.17, 15) is 4.79 Å². The zero-order chi connectivity index (χ0) is 17.6. The lowest BCUT2D eigenvalue weighted by molar-refractivity contribution is 0.0740. The summed E-state index contributed by atoms with van der Waals surface area (Å²) in [6.07, 6.45) is 1.79. The van der Waals surface area contributed by atoms with E-state index in [4.69, 9.17) is 16.6 Å². The second kappa shape index (κ2) is 6.31. The molecule has 1 amide bonds. The molecule has 6 nitrogen and oxygen atoms in total. The van der Waals surface area contributed by atoms with Crippen molar-refractivity contribution in [2.45, 2.75) is 6.92 Å². The summed E-state index contributed by atoms with van der Waals surface area (Å²) in [5, 5.41) is 5.91. The molecule has 130 valence electrons. The predicted molar refractivity (Wildman–Crippen MR) is 101 cm³/mol. The number of nitrogens with zero attached hydrogens (tertiary/aromatic N) is 5. The van der Waals surface area contributed by atoms with Crippen LogP contribution in [-0.2, 0) is 7.05 Å². The highest BCUT2D eigenvalue weighted by atomic mass is 35.5. The summed E-state index contributed by atoms with van der Waals surface area (Å²) in [6, 6.07) is 5.68. The number of halogens is 1. The molecule has 25 heavy (non-hydrogen) atoms. The lowest BCUT2D eigenvalue weighted by Gasteiger charge is -2.34. The minimum atomic E-state index is -0.0107. The van der Waals surface area contributed by atoms with Crippen LogP contribution in [-0.4, -0.2) is 51.8 Å². The van der Waals surface area contributed by atoms with E-state index in [1.54, 1.807) is 28.3 Å². The molecule has 1 aliphatic heterocycles. The first-order valence-corrected chi connectivity index (χ1v) is 9.32. The molecule has 1 saturated heterocycles. The zero-order valence-electron chi connectivity index (χ0n) is 14.1. The SMILES string of the molecule is Cc1ccc(Cl)c2sc(N3CCN(C(=O)c4ccn(C)n4)CC3)nc12. The molecule has 4 rings (SSSR count). The summed E-state index contributed by atoms with van der Waals surface area (Å²) in [4.78, 5) is 21.3. The van der Waals surface area contributed by atoms with Gasteiger partial charge >= 0.3 is 0 Å². The molecule has 0 aliphatic carbocycles. The van der Waals surface area contributed by atoms with E-state index in [-0.39, 0.29) is 5.91 Å². The maximum absolute atomic E-state index is 12.5. The number of aromatic nitrogens is 3. The van der Waals surface area contributed by atoms with E-state index in [1.807, 2.05) is 31.0 Å². The third kappa shape index (κ3) is 2.98. The van der Waals surface area contributed by atoms with Gasteiger partial charge in [0.15, 0.2) is 5.13 Å². The van der Waals surface area contributed by atoms with Crippen molar-refractivity contribution in [2.24, 2.45) is 7.05 Å². The van der Waals surface area contributed by atoms with Gasteiger partial charge < -0.3 is 9.80 Å². The van der Waals surface area contributed by atoms with E-state index in [0.29, 0.717) is 18.8 Å². The number of benzene rings is 1. The summed E-state index contributed by atoms with van der Waals surface area (Å²) in [5.41, 5.74) is 2.60. The van der Waals surface area contributed by atoms with Gasteiger partial charge in [-0.25, -0.2) is 4.98 Å². The van der Waals surface area contributed by atoms with Gasteiger partial charge in [-0.2, -0.15) is 5.10 Å². The molecule has 1 fully saturated rings. The van der Waals surface area contributed by atoms with E-state index >= 15 is 0 Å². The third-order valence-corrected chi connectivity index (χ3v) is 6.03. The normalized spacial score (nSPS) is 15.2. The number of aryl methyl sites for hydroxylation is 2. The maximum atomic E-state index is 12.5. The molecular weight excluding hydrogens is 358 g/mol. The van der Waals surface area contributed by atoms with Gasteiger partial charge in [-0.3, -0.25) is 9.48 Å². The number of carbonyl (C=O) groups is 1. The highest BCUT2D eigenvalue weighted by molar-refractivity contribution is 7.22. The van der Waals surface area contributed by atoms with Crippen molar-refractivity contribution >= 4 is 44.2 Å². The van der Waals surface area contributed by atoms with Crippen LogP contribution in [0.3, 0.4) is 0 Å². The summed E-state index contributed by atoms with van der Waals surface area (Å²) in [7, 11) is 1.81. The quantitative estimate of drug-likeness (QED) is 0.691. The molecular formula is C17H18ClN5OS. The van der Waals surface area contributed by atoms with Crippen molar-refractivity contribution < 1.29 is 4.79 Å². The van der Waals surface area contributed by atoms with Crippen molar-refractivity contribution in [3.8, 4) is 0 Å². The van der Waals surface area contributed by atoms with Gasteiger partial charge in [-0.1, -0.05) is 29.0 Å². The van der Waals surface area contributed by atoms with Crippen LogP contribution in [0.5, 0.6) is 0 Å². The van der Waals surface area contributed by atoms with Crippen molar-refractivity contribution in [1.82, 2.24) is 19.7 Å². The second-order valence-electron chi connectivity index (χ2n) is 6.19. The minimum Gasteiger partial charge on any atom is -0.345 e. The van der Waals surface area contributed by atoms with E-state index < -0.39 is 0 Å². The lowest BCUT2D eigenvalue weighted by Crippen LogP contribution is -2.48. The van der Waals surface area contributed by atoms with Gasteiger partial charge in [0.25, 0.3) is 5.91 Å². The molecule has 0 unspecified atom stereocenters. The van der Waals surface area contributed by atoms with Gasteiger partial charge in [0.05, 0.1) is 15.2 Å². The second-order valence-corrected chi connectivity index (χ2v) is 7.58. The Balaban J connectivity index is 1.49. The molecule has 0 atom stereocenters. The number of piperazine rings is 1. The van der Waals surface area contributed by atoms with E-state index in [2.05, 4.69) is 10.00 Å². The first-order valence-electron chi connectivity index (χ1n) is 8.12. The molecule has 0 N–H and O–H groups in total. The Kier molecular flexibility index (Phi) is 4.13. The molecule has 2 aromatic heterocycles. The zero-order valence-corrected chi connectivity index (χ0v) is 15.6. The predicted octanol–water partition coefficient (Wildman–Crippen LogP) is 2.95. The molecule has 3 heterocycles. The van der Waals surface area contributed by atoms with E-state index in [1.165, 1.54) is 0 Å². The molecule has 0 spiro atoms. The number of hydrogen-bond acceptors (Lipinski definition) is 5. The Labute approximate surface area is 154 Å². The Morgan fingerprint density at radius 1 is 1.20 bits per heavy atom. The van der Waals surface area contributed by atoms with Crippen molar-refractivity contribution in [3.63, 3.8) is 0 Å². The Hall–Kier alpha value is -2.12. The highest BCUT2D eigenvalue weighted by Crippen LogP contribution is 2.35. The number of fused-ring (bicyclic) bond motifs is 1.